The number of aliphatic hydroxyl groups excluding tert-OH is 1. The summed E-state index contributed by atoms with van der Waals surface area (Å²) in [6.45, 7) is 1.70. The Hall–Kier alpha value is -1.43. The second kappa shape index (κ2) is 5.95. The summed E-state index contributed by atoms with van der Waals surface area (Å²) in [5.41, 5.74) is 3.81. The smallest absolute Gasteiger partial charge is 0.265 e. The number of carbonyl (C=O) groups is 1. The zero-order valence-corrected chi connectivity index (χ0v) is 10.3. The molecule has 0 aliphatic heterocycles. The Balaban J connectivity index is 1.98. The number of hydrogen-bond acceptors (Lipinski definition) is 4. The van der Waals surface area contributed by atoms with E-state index >= 15 is 0 Å². The van der Waals surface area contributed by atoms with Crippen LogP contribution in [0.15, 0.2) is 24.3 Å². The van der Waals surface area contributed by atoms with Crippen molar-refractivity contribution >= 4 is 5.91 Å². The van der Waals surface area contributed by atoms with Crippen LogP contribution in [-0.4, -0.2) is 35.1 Å². The second-order valence-corrected chi connectivity index (χ2v) is 4.60. The molecular weight excluding hydrogens is 230 g/mol. The van der Waals surface area contributed by atoms with Gasteiger partial charge in [-0.1, -0.05) is 12.1 Å². The molecule has 1 fully saturated rings. The fourth-order valence-electron chi connectivity index (χ4n) is 2.04. The number of rotatable bonds is 6. The highest BCUT2D eigenvalue weighted by Crippen LogP contribution is 2.27. The van der Waals surface area contributed by atoms with Gasteiger partial charge in [0, 0.05) is 24.7 Å². The van der Waals surface area contributed by atoms with E-state index in [1.165, 1.54) is 12.8 Å². The molecule has 1 aromatic rings. The molecule has 1 aromatic carbocycles. The van der Waals surface area contributed by atoms with Crippen LogP contribution in [0.1, 0.15) is 28.8 Å². The SMILES string of the molecule is NNC(=O)c1ccc(CN(CCO)C2CC2)cc1. The van der Waals surface area contributed by atoms with E-state index in [2.05, 4.69) is 10.3 Å². The first kappa shape index (κ1) is 13.0. The summed E-state index contributed by atoms with van der Waals surface area (Å²) in [6.07, 6.45) is 2.43. The van der Waals surface area contributed by atoms with Crippen molar-refractivity contribution in [2.24, 2.45) is 5.84 Å². The molecule has 1 aliphatic carbocycles. The van der Waals surface area contributed by atoms with E-state index < -0.39 is 0 Å². The molecule has 0 bridgehead atoms. The number of nitrogen functional groups attached to an aromatic ring is 1. The monoisotopic (exact) mass is 249 g/mol. The van der Waals surface area contributed by atoms with Gasteiger partial charge in [0.25, 0.3) is 5.91 Å². The van der Waals surface area contributed by atoms with Crippen LogP contribution >= 0.6 is 0 Å². The largest absolute Gasteiger partial charge is 0.395 e. The minimum absolute atomic E-state index is 0.185. The topological polar surface area (TPSA) is 78.6 Å². The van der Waals surface area contributed by atoms with E-state index in [0.717, 1.165) is 12.1 Å². The molecule has 0 atom stereocenters. The van der Waals surface area contributed by atoms with E-state index in [-0.39, 0.29) is 12.5 Å². The number of nitrogens with two attached hydrogens (primary N) is 1. The van der Waals surface area contributed by atoms with Gasteiger partial charge in [-0.05, 0) is 30.5 Å². The average Bonchev–Trinajstić information content (AvgIpc) is 3.22. The van der Waals surface area contributed by atoms with Gasteiger partial charge in [0.1, 0.15) is 0 Å². The number of benzene rings is 1. The number of nitrogens with one attached hydrogen (secondary N) is 1. The number of hydrogen-bond donors (Lipinski definition) is 3. The van der Waals surface area contributed by atoms with Crippen LogP contribution in [0.2, 0.25) is 0 Å². The van der Waals surface area contributed by atoms with Crippen molar-refractivity contribution in [3.63, 3.8) is 0 Å². The van der Waals surface area contributed by atoms with Crippen molar-refractivity contribution in [2.75, 3.05) is 13.2 Å². The van der Waals surface area contributed by atoms with Crippen LogP contribution in [0.3, 0.4) is 0 Å². The van der Waals surface area contributed by atoms with Gasteiger partial charge >= 0.3 is 0 Å². The lowest BCUT2D eigenvalue weighted by Crippen LogP contribution is -2.30. The molecule has 0 spiro atoms. The molecule has 98 valence electrons. The molecule has 0 aromatic heterocycles. The summed E-state index contributed by atoms with van der Waals surface area (Å²) in [5.74, 6) is 4.79. The van der Waals surface area contributed by atoms with Crippen LogP contribution in [0.4, 0.5) is 0 Å². The van der Waals surface area contributed by atoms with Crippen molar-refractivity contribution in [3.05, 3.63) is 35.4 Å². The lowest BCUT2D eigenvalue weighted by molar-refractivity contribution is 0.0953. The van der Waals surface area contributed by atoms with Crippen molar-refractivity contribution in [2.45, 2.75) is 25.4 Å². The van der Waals surface area contributed by atoms with E-state index in [1.54, 1.807) is 12.1 Å². The van der Waals surface area contributed by atoms with Crippen LogP contribution in [-0.2, 0) is 6.54 Å². The normalized spacial score (nSPS) is 14.8. The minimum atomic E-state index is -0.282. The Morgan fingerprint density at radius 2 is 2.06 bits per heavy atom. The Morgan fingerprint density at radius 1 is 1.39 bits per heavy atom. The first-order chi connectivity index (χ1) is 8.74. The predicted octanol–water partition coefficient (Wildman–Crippen LogP) is 0.247. The molecule has 1 aliphatic rings. The summed E-state index contributed by atoms with van der Waals surface area (Å²) in [7, 11) is 0. The van der Waals surface area contributed by atoms with Crippen LogP contribution in [0, 0.1) is 0 Å². The van der Waals surface area contributed by atoms with Crippen LogP contribution in [0.5, 0.6) is 0 Å². The predicted molar refractivity (Wildman–Crippen MR) is 68.6 cm³/mol. The molecule has 4 N–H and O–H groups in total. The molecule has 5 heteroatoms. The molecule has 0 radical (unpaired) electrons. The van der Waals surface area contributed by atoms with Crippen LogP contribution < -0.4 is 11.3 Å². The molecule has 18 heavy (non-hydrogen) atoms. The number of aliphatic hydroxyl groups is 1. The lowest BCUT2D eigenvalue weighted by atomic mass is 10.1. The van der Waals surface area contributed by atoms with E-state index in [0.29, 0.717) is 18.2 Å². The van der Waals surface area contributed by atoms with Gasteiger partial charge < -0.3 is 5.11 Å². The van der Waals surface area contributed by atoms with E-state index in [9.17, 15) is 4.79 Å². The Morgan fingerprint density at radius 3 is 2.56 bits per heavy atom. The van der Waals surface area contributed by atoms with Gasteiger partial charge in [0.05, 0.1) is 6.61 Å². The number of nitrogens with zero attached hydrogens (tertiary/aromatic N) is 1. The fraction of sp³-hybridized carbons (Fsp3) is 0.462. The van der Waals surface area contributed by atoms with Crippen LogP contribution in [0.25, 0.3) is 0 Å². The number of amides is 1. The highest BCUT2D eigenvalue weighted by molar-refractivity contribution is 5.93. The minimum Gasteiger partial charge on any atom is -0.395 e. The van der Waals surface area contributed by atoms with E-state index in [1.807, 2.05) is 12.1 Å². The molecular formula is C13H19N3O2. The number of hydrazine groups is 1. The maximum absolute atomic E-state index is 11.3. The summed E-state index contributed by atoms with van der Waals surface area (Å²) >= 11 is 0. The quantitative estimate of drug-likeness (QED) is 0.383. The van der Waals surface area contributed by atoms with Gasteiger partial charge in [-0.15, -0.1) is 0 Å². The summed E-state index contributed by atoms with van der Waals surface area (Å²) in [5, 5.41) is 9.03. The fourth-order valence-corrected chi connectivity index (χ4v) is 2.04. The molecule has 2 rings (SSSR count). The lowest BCUT2D eigenvalue weighted by Gasteiger charge is -2.20. The maximum Gasteiger partial charge on any atom is 0.265 e. The molecule has 5 nitrogen and oxygen atoms in total. The average molecular weight is 249 g/mol. The third-order valence-electron chi connectivity index (χ3n) is 3.18. The third kappa shape index (κ3) is 3.29. The summed E-state index contributed by atoms with van der Waals surface area (Å²) < 4.78 is 0. The highest BCUT2D eigenvalue weighted by Gasteiger charge is 2.28. The molecule has 0 saturated heterocycles. The van der Waals surface area contributed by atoms with Crippen molar-refractivity contribution < 1.29 is 9.90 Å². The Kier molecular flexibility index (Phi) is 4.30. The van der Waals surface area contributed by atoms with E-state index in [4.69, 9.17) is 10.9 Å². The first-order valence-corrected chi connectivity index (χ1v) is 6.19. The standard InChI is InChI=1S/C13H19N3O2/c14-15-13(18)11-3-1-10(2-4-11)9-16(7-8-17)12-5-6-12/h1-4,12,17H,5-9,14H2,(H,15,18). The second-order valence-electron chi connectivity index (χ2n) is 4.60. The zero-order valence-electron chi connectivity index (χ0n) is 10.3. The molecule has 0 unspecified atom stereocenters. The van der Waals surface area contributed by atoms with Crippen molar-refractivity contribution in [1.82, 2.24) is 10.3 Å². The van der Waals surface area contributed by atoms with Gasteiger partial charge in [0.15, 0.2) is 0 Å². The maximum atomic E-state index is 11.3. The number of carbonyl (C=O) groups excluding carboxylic acids is 1. The molecule has 1 saturated carbocycles. The molecule has 0 heterocycles. The first-order valence-electron chi connectivity index (χ1n) is 6.19. The Labute approximate surface area is 107 Å². The summed E-state index contributed by atoms with van der Waals surface area (Å²) in [6, 6.07) is 8.00. The molecule has 1 amide bonds. The zero-order chi connectivity index (χ0) is 13.0. The summed E-state index contributed by atoms with van der Waals surface area (Å²) in [4.78, 5) is 13.6. The van der Waals surface area contributed by atoms with Crippen molar-refractivity contribution in [1.29, 1.82) is 0 Å². The van der Waals surface area contributed by atoms with Gasteiger partial charge in [-0.25, -0.2) is 5.84 Å². The van der Waals surface area contributed by atoms with Gasteiger partial charge in [0.2, 0.25) is 0 Å². The third-order valence-corrected chi connectivity index (χ3v) is 3.18. The van der Waals surface area contributed by atoms with Crippen molar-refractivity contribution in [3.8, 4) is 0 Å². The Bertz CT molecular complexity index is 401. The van der Waals surface area contributed by atoms with Gasteiger partial charge in [-0.3, -0.25) is 15.1 Å². The van der Waals surface area contributed by atoms with Gasteiger partial charge in [-0.2, -0.15) is 0 Å². The highest BCUT2D eigenvalue weighted by atomic mass is 16.3.